The maximum atomic E-state index is 11.8. The van der Waals surface area contributed by atoms with Crippen molar-refractivity contribution in [1.82, 2.24) is 19.5 Å². The van der Waals surface area contributed by atoms with Crippen molar-refractivity contribution in [3.63, 3.8) is 0 Å². The zero-order valence-electron chi connectivity index (χ0n) is 10.9. The molecule has 106 valence electrons. The van der Waals surface area contributed by atoms with Gasteiger partial charge in [0.25, 0.3) is 0 Å². The van der Waals surface area contributed by atoms with Crippen LogP contribution in [0.15, 0.2) is 36.9 Å². The van der Waals surface area contributed by atoms with Crippen LogP contribution >= 0.6 is 0 Å². The lowest BCUT2D eigenvalue weighted by Crippen LogP contribution is -2.26. The van der Waals surface area contributed by atoms with Crippen molar-refractivity contribution in [3.8, 4) is 0 Å². The van der Waals surface area contributed by atoms with Gasteiger partial charge in [0.2, 0.25) is 10.0 Å². The lowest BCUT2D eigenvalue weighted by molar-refractivity contribution is 0.580. The van der Waals surface area contributed by atoms with E-state index >= 15 is 0 Å². The number of aromatic nitrogens is 3. The van der Waals surface area contributed by atoms with E-state index in [-0.39, 0.29) is 5.25 Å². The number of nitrogens with zero attached hydrogens (tertiary/aromatic N) is 3. The van der Waals surface area contributed by atoms with Gasteiger partial charge in [-0.3, -0.25) is 0 Å². The average molecular weight is 292 g/mol. The summed E-state index contributed by atoms with van der Waals surface area (Å²) >= 11 is 0. The van der Waals surface area contributed by atoms with Crippen molar-refractivity contribution in [3.05, 3.63) is 48.0 Å². The fraction of sp³-hybridized carbons (Fsp3) is 0.385. The van der Waals surface area contributed by atoms with E-state index in [1.807, 2.05) is 24.3 Å². The third-order valence-electron chi connectivity index (χ3n) is 3.24. The van der Waals surface area contributed by atoms with Crippen molar-refractivity contribution in [2.45, 2.75) is 31.2 Å². The molecule has 0 aliphatic heterocycles. The number of hydrogen-bond acceptors (Lipinski definition) is 4. The van der Waals surface area contributed by atoms with Crippen molar-refractivity contribution in [2.24, 2.45) is 0 Å². The van der Waals surface area contributed by atoms with Gasteiger partial charge >= 0.3 is 0 Å². The van der Waals surface area contributed by atoms with Gasteiger partial charge < -0.3 is 0 Å². The van der Waals surface area contributed by atoms with E-state index < -0.39 is 10.0 Å². The molecule has 6 nitrogen and oxygen atoms in total. The van der Waals surface area contributed by atoms with Crippen LogP contribution in [0.3, 0.4) is 0 Å². The fourth-order valence-corrected chi connectivity index (χ4v) is 3.38. The van der Waals surface area contributed by atoms with Crippen molar-refractivity contribution < 1.29 is 8.42 Å². The quantitative estimate of drug-likeness (QED) is 0.858. The van der Waals surface area contributed by atoms with Gasteiger partial charge in [0.1, 0.15) is 12.7 Å². The van der Waals surface area contributed by atoms with E-state index in [9.17, 15) is 8.42 Å². The van der Waals surface area contributed by atoms with Crippen LogP contribution in [0.4, 0.5) is 0 Å². The molecule has 0 amide bonds. The second-order valence-corrected chi connectivity index (χ2v) is 7.02. The summed E-state index contributed by atoms with van der Waals surface area (Å²) in [5, 5.41) is 3.87. The van der Waals surface area contributed by atoms with Gasteiger partial charge in [0, 0.05) is 6.54 Å². The van der Waals surface area contributed by atoms with Crippen LogP contribution in [0.1, 0.15) is 24.0 Å². The van der Waals surface area contributed by atoms with Crippen LogP contribution in [-0.2, 0) is 23.1 Å². The molecular formula is C13H16N4O2S. The molecule has 20 heavy (non-hydrogen) atoms. The molecule has 0 radical (unpaired) electrons. The van der Waals surface area contributed by atoms with Gasteiger partial charge in [-0.15, -0.1) is 0 Å². The smallest absolute Gasteiger partial charge is 0.214 e. The molecule has 0 unspecified atom stereocenters. The highest BCUT2D eigenvalue weighted by atomic mass is 32.2. The predicted octanol–water partition coefficient (Wildman–Crippen LogP) is 0.908. The molecule has 7 heteroatoms. The maximum Gasteiger partial charge on any atom is 0.214 e. The number of benzene rings is 1. The van der Waals surface area contributed by atoms with E-state index in [1.165, 1.54) is 6.33 Å². The molecule has 1 aromatic carbocycles. The third-order valence-corrected chi connectivity index (χ3v) is 5.14. The molecule has 0 saturated heterocycles. The van der Waals surface area contributed by atoms with E-state index in [1.54, 1.807) is 11.0 Å². The second kappa shape index (κ2) is 5.34. The molecule has 1 aromatic heterocycles. The van der Waals surface area contributed by atoms with Crippen molar-refractivity contribution in [2.75, 3.05) is 0 Å². The standard InChI is InChI=1S/C13H16N4O2S/c18-20(19,13-4-5-13)16-7-11-2-1-3-12(6-11)8-17-10-14-9-15-17/h1-3,6,9-10,13,16H,4-5,7-8H2. The predicted molar refractivity (Wildman–Crippen MR) is 74.3 cm³/mol. The normalized spacial score (nSPS) is 15.4. The zero-order valence-corrected chi connectivity index (χ0v) is 11.8. The van der Waals surface area contributed by atoms with Gasteiger partial charge in [-0.2, -0.15) is 5.10 Å². The van der Waals surface area contributed by atoms with Gasteiger partial charge in [-0.1, -0.05) is 24.3 Å². The summed E-state index contributed by atoms with van der Waals surface area (Å²) in [6.07, 6.45) is 4.71. The maximum absolute atomic E-state index is 11.8. The summed E-state index contributed by atoms with van der Waals surface area (Å²) in [7, 11) is -3.13. The minimum Gasteiger partial charge on any atom is -0.249 e. The topological polar surface area (TPSA) is 76.9 Å². The molecule has 1 N–H and O–H groups in total. The Morgan fingerprint density at radius 3 is 2.80 bits per heavy atom. The van der Waals surface area contributed by atoms with Crippen LogP contribution in [0.5, 0.6) is 0 Å². The highest BCUT2D eigenvalue weighted by molar-refractivity contribution is 7.90. The molecule has 1 aliphatic carbocycles. The van der Waals surface area contributed by atoms with Gasteiger partial charge in [-0.25, -0.2) is 22.8 Å². The van der Waals surface area contributed by atoms with E-state index in [0.29, 0.717) is 13.1 Å². The molecule has 0 spiro atoms. The Hall–Kier alpha value is -1.73. The van der Waals surface area contributed by atoms with Crippen LogP contribution < -0.4 is 4.72 Å². The van der Waals surface area contributed by atoms with Crippen LogP contribution in [0, 0.1) is 0 Å². The lowest BCUT2D eigenvalue weighted by Gasteiger charge is -2.07. The number of sulfonamides is 1. The summed E-state index contributed by atoms with van der Waals surface area (Å²) in [5.41, 5.74) is 2.02. The molecule has 1 heterocycles. The summed E-state index contributed by atoms with van der Waals surface area (Å²) in [5.74, 6) is 0. The largest absolute Gasteiger partial charge is 0.249 e. The minimum absolute atomic E-state index is 0.180. The number of hydrogen-bond donors (Lipinski definition) is 1. The Morgan fingerprint density at radius 2 is 2.10 bits per heavy atom. The molecule has 3 rings (SSSR count). The van der Waals surface area contributed by atoms with Crippen LogP contribution in [0.2, 0.25) is 0 Å². The Morgan fingerprint density at radius 1 is 1.30 bits per heavy atom. The zero-order chi connectivity index (χ0) is 14.0. The van der Waals surface area contributed by atoms with Crippen molar-refractivity contribution in [1.29, 1.82) is 0 Å². The fourth-order valence-electron chi connectivity index (χ4n) is 2.02. The van der Waals surface area contributed by atoms with Crippen LogP contribution in [0.25, 0.3) is 0 Å². The SMILES string of the molecule is O=S(=O)(NCc1cccc(Cn2cncn2)c1)C1CC1. The van der Waals surface area contributed by atoms with E-state index in [4.69, 9.17) is 0 Å². The van der Waals surface area contributed by atoms with Gasteiger partial charge in [0.05, 0.1) is 11.8 Å². The minimum atomic E-state index is -3.13. The van der Waals surface area contributed by atoms with E-state index in [0.717, 1.165) is 24.0 Å². The van der Waals surface area contributed by atoms with Gasteiger partial charge in [-0.05, 0) is 24.0 Å². The summed E-state index contributed by atoms with van der Waals surface area (Å²) in [4.78, 5) is 3.90. The molecule has 2 aromatic rings. The molecule has 1 fully saturated rings. The molecule has 1 aliphatic rings. The second-order valence-electron chi connectivity index (χ2n) is 4.98. The first-order chi connectivity index (χ1) is 9.63. The highest BCUT2D eigenvalue weighted by Crippen LogP contribution is 2.27. The molecule has 0 bridgehead atoms. The average Bonchev–Trinajstić information content (AvgIpc) is 3.18. The van der Waals surface area contributed by atoms with Gasteiger partial charge in [0.15, 0.2) is 0 Å². The Labute approximate surface area is 117 Å². The van der Waals surface area contributed by atoms with Crippen LogP contribution in [-0.4, -0.2) is 28.4 Å². The summed E-state index contributed by atoms with van der Waals surface area (Å²) < 4.78 is 27.9. The molecule has 1 saturated carbocycles. The summed E-state index contributed by atoms with van der Waals surface area (Å²) in [6, 6.07) is 7.81. The first kappa shape index (κ1) is 13.3. The molecular weight excluding hydrogens is 276 g/mol. The van der Waals surface area contributed by atoms with E-state index in [2.05, 4.69) is 14.8 Å². The monoisotopic (exact) mass is 292 g/mol. The van der Waals surface area contributed by atoms with Crippen molar-refractivity contribution >= 4 is 10.0 Å². The Kier molecular flexibility index (Phi) is 3.54. The number of rotatable bonds is 6. The molecule has 0 atom stereocenters. The highest BCUT2D eigenvalue weighted by Gasteiger charge is 2.35. The first-order valence-corrected chi connectivity index (χ1v) is 8.07. The lowest BCUT2D eigenvalue weighted by atomic mass is 10.1. The Balaban J connectivity index is 1.65. The third kappa shape index (κ3) is 3.23. The summed E-state index contributed by atoms with van der Waals surface area (Å²) in [6.45, 7) is 0.966. The number of nitrogens with one attached hydrogen (secondary N) is 1. The Bertz CT molecular complexity index is 678. The first-order valence-electron chi connectivity index (χ1n) is 6.52.